The monoisotopic (exact) mass is 638 g/mol. The lowest BCUT2D eigenvalue weighted by Crippen LogP contribution is -2.24. The van der Waals surface area contributed by atoms with Crippen molar-refractivity contribution in [3.63, 3.8) is 0 Å². The van der Waals surface area contributed by atoms with Crippen LogP contribution in [0.25, 0.3) is 77.2 Å². The molecule has 0 aromatic heterocycles. The molecule has 0 N–H and O–H groups in total. The molecule has 0 nitrogen and oxygen atoms in total. The van der Waals surface area contributed by atoms with E-state index in [1.54, 1.807) is 0 Å². The molecular formula is C50H38. The summed E-state index contributed by atoms with van der Waals surface area (Å²) in [5, 5.41) is 5.15. The van der Waals surface area contributed by atoms with Crippen LogP contribution in [-0.4, -0.2) is 0 Å². The fraction of sp³-hybridized carbons (Fsp3) is 0.120. The molecule has 0 saturated heterocycles. The van der Waals surface area contributed by atoms with Gasteiger partial charge >= 0.3 is 0 Å². The molecule has 0 fully saturated rings. The van der Waals surface area contributed by atoms with Gasteiger partial charge in [-0.3, -0.25) is 0 Å². The highest BCUT2D eigenvalue weighted by molar-refractivity contribution is 6.21. The predicted octanol–water partition coefficient (Wildman–Crippen LogP) is 13.6. The van der Waals surface area contributed by atoms with E-state index < -0.39 is 0 Å². The van der Waals surface area contributed by atoms with Crippen LogP contribution >= 0.6 is 0 Å². The van der Waals surface area contributed by atoms with E-state index in [4.69, 9.17) is 0 Å². The first-order valence-corrected chi connectivity index (χ1v) is 17.9. The molecule has 0 spiro atoms. The van der Waals surface area contributed by atoms with Gasteiger partial charge in [-0.05, 0) is 105 Å². The Hall–Kier alpha value is -5.72. The van der Waals surface area contributed by atoms with E-state index in [0.29, 0.717) is 0 Å². The van der Waals surface area contributed by atoms with Crippen LogP contribution in [0.3, 0.4) is 0 Å². The molecule has 50 heavy (non-hydrogen) atoms. The molecule has 2 aliphatic carbocycles. The molecule has 238 valence electrons. The lowest BCUT2D eigenvalue weighted by Gasteiger charge is -2.30. The second-order valence-electron chi connectivity index (χ2n) is 15.3. The second kappa shape index (κ2) is 10.4. The molecule has 0 heterocycles. The molecule has 0 bridgehead atoms. The van der Waals surface area contributed by atoms with Gasteiger partial charge in [0.05, 0.1) is 0 Å². The Morgan fingerprint density at radius 1 is 0.300 bits per heavy atom. The van der Waals surface area contributed by atoms with Crippen molar-refractivity contribution in [2.45, 2.75) is 38.5 Å². The highest BCUT2D eigenvalue weighted by Crippen LogP contribution is 2.59. The summed E-state index contributed by atoms with van der Waals surface area (Å²) in [4.78, 5) is 0. The summed E-state index contributed by atoms with van der Waals surface area (Å²) in [5.74, 6) is 0. The molecule has 0 radical (unpaired) electrons. The maximum absolute atomic E-state index is 2.49. The number of hydrogen-bond acceptors (Lipinski definition) is 0. The zero-order valence-corrected chi connectivity index (χ0v) is 29.0. The van der Waals surface area contributed by atoms with Gasteiger partial charge in [0.15, 0.2) is 0 Å². The van der Waals surface area contributed by atoms with Crippen molar-refractivity contribution >= 4 is 21.5 Å². The van der Waals surface area contributed by atoms with E-state index >= 15 is 0 Å². The third-order valence-electron chi connectivity index (χ3n) is 11.8. The van der Waals surface area contributed by atoms with E-state index in [2.05, 4.69) is 185 Å². The average molecular weight is 639 g/mol. The zero-order chi connectivity index (χ0) is 33.8. The van der Waals surface area contributed by atoms with Crippen molar-refractivity contribution < 1.29 is 0 Å². The first-order valence-electron chi connectivity index (χ1n) is 17.9. The summed E-state index contributed by atoms with van der Waals surface area (Å²) in [6, 6.07) is 58.9. The van der Waals surface area contributed by atoms with Gasteiger partial charge in [0.1, 0.15) is 0 Å². The van der Waals surface area contributed by atoms with Crippen molar-refractivity contribution in [2.24, 2.45) is 0 Å². The fourth-order valence-corrected chi connectivity index (χ4v) is 9.56. The van der Waals surface area contributed by atoms with E-state index in [-0.39, 0.29) is 10.8 Å². The highest BCUT2D eigenvalue weighted by atomic mass is 14.5. The molecule has 0 saturated carbocycles. The third kappa shape index (κ3) is 3.94. The minimum absolute atomic E-state index is 0.0546. The number of fused-ring (bicyclic) bond motifs is 9. The Bertz CT molecular complexity index is 2610. The quantitative estimate of drug-likeness (QED) is 0.169. The van der Waals surface area contributed by atoms with E-state index in [9.17, 15) is 0 Å². The van der Waals surface area contributed by atoms with Crippen molar-refractivity contribution in [3.05, 3.63) is 180 Å². The van der Waals surface area contributed by atoms with Gasteiger partial charge in [-0.1, -0.05) is 179 Å². The van der Waals surface area contributed by atoms with Gasteiger partial charge in [0, 0.05) is 10.8 Å². The molecule has 0 atom stereocenters. The topological polar surface area (TPSA) is 0 Å². The number of rotatable bonds is 3. The summed E-state index contributed by atoms with van der Waals surface area (Å²) in [7, 11) is 0. The second-order valence-corrected chi connectivity index (χ2v) is 15.3. The largest absolute Gasteiger partial charge is 0.0622 e. The van der Waals surface area contributed by atoms with Crippen LogP contribution in [0.2, 0.25) is 0 Å². The average Bonchev–Trinajstić information content (AvgIpc) is 3.53. The van der Waals surface area contributed by atoms with Crippen LogP contribution in [0.5, 0.6) is 0 Å². The van der Waals surface area contributed by atoms with Gasteiger partial charge in [-0.25, -0.2) is 0 Å². The molecular weight excluding hydrogens is 601 g/mol. The normalized spacial score (nSPS) is 14.7. The maximum Gasteiger partial charge on any atom is 0.0162 e. The van der Waals surface area contributed by atoms with E-state index in [1.807, 2.05) is 0 Å². The lowest BCUT2D eigenvalue weighted by atomic mass is 9.72. The van der Waals surface area contributed by atoms with Crippen LogP contribution in [0.1, 0.15) is 49.9 Å². The molecule has 0 heteroatoms. The summed E-state index contributed by atoms with van der Waals surface area (Å²) in [6.07, 6.45) is 0. The van der Waals surface area contributed by atoms with Gasteiger partial charge in [0.2, 0.25) is 0 Å². The lowest BCUT2D eigenvalue weighted by molar-refractivity contribution is 0.601. The van der Waals surface area contributed by atoms with Crippen molar-refractivity contribution in [2.75, 3.05) is 0 Å². The molecule has 10 rings (SSSR count). The van der Waals surface area contributed by atoms with Gasteiger partial charge < -0.3 is 0 Å². The van der Waals surface area contributed by atoms with Crippen molar-refractivity contribution in [1.29, 1.82) is 0 Å². The number of hydrogen-bond donors (Lipinski definition) is 0. The molecule has 0 aliphatic heterocycles. The molecule has 0 unspecified atom stereocenters. The Kier molecular flexibility index (Phi) is 6.07. The van der Waals surface area contributed by atoms with Crippen LogP contribution in [0.4, 0.5) is 0 Å². The predicted molar refractivity (Wildman–Crippen MR) is 213 cm³/mol. The van der Waals surface area contributed by atoms with Crippen molar-refractivity contribution in [1.82, 2.24) is 0 Å². The number of benzene rings is 8. The Morgan fingerprint density at radius 2 is 0.720 bits per heavy atom. The van der Waals surface area contributed by atoms with E-state index in [1.165, 1.54) is 99.4 Å². The van der Waals surface area contributed by atoms with Crippen LogP contribution in [0.15, 0.2) is 158 Å². The van der Waals surface area contributed by atoms with Gasteiger partial charge in [0.25, 0.3) is 0 Å². The third-order valence-corrected chi connectivity index (χ3v) is 11.8. The Labute approximate surface area is 294 Å². The van der Waals surface area contributed by atoms with E-state index in [0.717, 1.165) is 0 Å². The minimum atomic E-state index is -0.103. The maximum atomic E-state index is 2.49. The fourth-order valence-electron chi connectivity index (χ4n) is 9.56. The highest BCUT2D eigenvalue weighted by Gasteiger charge is 2.45. The van der Waals surface area contributed by atoms with Crippen LogP contribution in [-0.2, 0) is 10.8 Å². The molecule has 0 amide bonds. The summed E-state index contributed by atoms with van der Waals surface area (Å²) in [5.41, 5.74) is 18.8. The van der Waals surface area contributed by atoms with Gasteiger partial charge in [-0.15, -0.1) is 0 Å². The Morgan fingerprint density at radius 3 is 1.32 bits per heavy atom. The van der Waals surface area contributed by atoms with Crippen LogP contribution < -0.4 is 0 Å². The minimum Gasteiger partial charge on any atom is -0.0622 e. The molecule has 2 aliphatic rings. The first-order chi connectivity index (χ1) is 24.3. The standard InChI is InChI=1S/C50H38/c1-49(2)43-21-13-12-16-35(43)40-27-28-41-42-30-34(26-29-44(42)50(3,4)48(41)47(40)49)46-38-19-10-8-17-36(38)45(37-18-9-11-20-39(37)46)33-24-22-32(23-25-33)31-14-6-5-7-15-31/h5-30H,1-4H3. The summed E-state index contributed by atoms with van der Waals surface area (Å²) >= 11 is 0. The Balaban J connectivity index is 1.18. The SMILES string of the molecule is CC1(C)c2ccccc2-c2ccc3c(c21)C(C)(C)c1ccc(-c2c4ccccc4c(-c4ccc(-c5ccccc5)cc4)c4ccccc24)cc1-3. The smallest absolute Gasteiger partial charge is 0.0162 e. The summed E-state index contributed by atoms with van der Waals surface area (Å²) in [6.45, 7) is 9.69. The molecule has 8 aromatic carbocycles. The van der Waals surface area contributed by atoms with Crippen LogP contribution in [0, 0.1) is 0 Å². The first kappa shape index (κ1) is 29.2. The van der Waals surface area contributed by atoms with Gasteiger partial charge in [-0.2, -0.15) is 0 Å². The summed E-state index contributed by atoms with van der Waals surface area (Å²) < 4.78 is 0. The zero-order valence-electron chi connectivity index (χ0n) is 29.0. The van der Waals surface area contributed by atoms with Crippen molar-refractivity contribution in [3.8, 4) is 55.6 Å². The molecule has 8 aromatic rings.